The maximum Gasteiger partial charge on any atom is 0.146 e. The van der Waals surface area contributed by atoms with E-state index >= 15 is 0 Å². The van der Waals surface area contributed by atoms with Gasteiger partial charge in [0.15, 0.2) is 0 Å². The molecule has 0 fully saturated rings. The van der Waals surface area contributed by atoms with Gasteiger partial charge in [-0.1, -0.05) is 29.8 Å². The Kier molecular flexibility index (Phi) is 4.18. The lowest BCUT2D eigenvalue weighted by molar-refractivity contribution is 0.467. The van der Waals surface area contributed by atoms with E-state index in [4.69, 9.17) is 22.1 Å². The SMILES string of the molecule is NCCc1c(F)cccc1Oc1ccccc1Cl. The Morgan fingerprint density at radius 2 is 1.78 bits per heavy atom. The first-order chi connectivity index (χ1) is 8.72. The van der Waals surface area contributed by atoms with Crippen LogP contribution in [0, 0.1) is 5.82 Å². The minimum atomic E-state index is -0.315. The lowest BCUT2D eigenvalue weighted by Gasteiger charge is -2.12. The average Bonchev–Trinajstić information content (AvgIpc) is 2.36. The number of nitrogens with two attached hydrogens (primary N) is 1. The molecular formula is C14H13ClFNO. The van der Waals surface area contributed by atoms with Crippen molar-refractivity contribution in [1.29, 1.82) is 0 Å². The van der Waals surface area contributed by atoms with Gasteiger partial charge in [-0.3, -0.25) is 0 Å². The lowest BCUT2D eigenvalue weighted by atomic mass is 10.1. The second kappa shape index (κ2) is 5.85. The monoisotopic (exact) mass is 265 g/mol. The zero-order valence-electron chi connectivity index (χ0n) is 9.70. The third-order valence-corrected chi connectivity index (χ3v) is 2.84. The molecule has 0 aliphatic heterocycles. The van der Waals surface area contributed by atoms with E-state index in [0.717, 1.165) is 0 Å². The fourth-order valence-corrected chi connectivity index (χ4v) is 1.84. The van der Waals surface area contributed by atoms with Crippen LogP contribution in [0.25, 0.3) is 0 Å². The Morgan fingerprint density at radius 1 is 1.06 bits per heavy atom. The van der Waals surface area contributed by atoms with Crippen molar-refractivity contribution in [2.75, 3.05) is 6.54 Å². The molecule has 0 amide bonds. The summed E-state index contributed by atoms with van der Waals surface area (Å²) in [4.78, 5) is 0. The first-order valence-electron chi connectivity index (χ1n) is 5.62. The summed E-state index contributed by atoms with van der Waals surface area (Å²) in [7, 11) is 0. The van der Waals surface area contributed by atoms with Gasteiger partial charge < -0.3 is 10.5 Å². The van der Waals surface area contributed by atoms with Gasteiger partial charge in [0.25, 0.3) is 0 Å². The van der Waals surface area contributed by atoms with E-state index < -0.39 is 0 Å². The second-order valence-electron chi connectivity index (χ2n) is 3.79. The molecule has 0 atom stereocenters. The minimum absolute atomic E-state index is 0.315. The summed E-state index contributed by atoms with van der Waals surface area (Å²) in [5, 5.41) is 0.487. The summed E-state index contributed by atoms with van der Waals surface area (Å²) < 4.78 is 19.3. The van der Waals surface area contributed by atoms with Crippen molar-refractivity contribution in [2.24, 2.45) is 5.73 Å². The van der Waals surface area contributed by atoms with Gasteiger partial charge >= 0.3 is 0 Å². The van der Waals surface area contributed by atoms with Crippen molar-refractivity contribution in [3.05, 3.63) is 58.9 Å². The molecule has 2 N–H and O–H groups in total. The van der Waals surface area contributed by atoms with E-state index in [9.17, 15) is 4.39 Å². The highest BCUT2D eigenvalue weighted by Crippen LogP contribution is 2.31. The van der Waals surface area contributed by atoms with Crippen LogP contribution in [0.3, 0.4) is 0 Å². The number of hydrogen-bond donors (Lipinski definition) is 1. The Bertz CT molecular complexity index is 545. The largest absolute Gasteiger partial charge is 0.455 e. The standard InChI is InChI=1S/C14H13ClFNO/c15-11-4-1-2-6-14(11)18-13-7-3-5-12(16)10(13)8-9-17/h1-7H,8-9,17H2. The van der Waals surface area contributed by atoms with Crippen LogP contribution in [0.2, 0.25) is 5.02 Å². The zero-order valence-corrected chi connectivity index (χ0v) is 10.5. The molecule has 2 aromatic rings. The van der Waals surface area contributed by atoms with E-state index in [-0.39, 0.29) is 5.82 Å². The molecular weight excluding hydrogens is 253 g/mol. The molecule has 4 heteroatoms. The Morgan fingerprint density at radius 3 is 2.50 bits per heavy atom. The lowest BCUT2D eigenvalue weighted by Crippen LogP contribution is -2.06. The third-order valence-electron chi connectivity index (χ3n) is 2.53. The molecule has 2 aromatic carbocycles. The molecule has 18 heavy (non-hydrogen) atoms. The van der Waals surface area contributed by atoms with Crippen LogP contribution in [-0.4, -0.2) is 6.54 Å². The molecule has 0 unspecified atom stereocenters. The van der Waals surface area contributed by atoms with Crippen LogP contribution < -0.4 is 10.5 Å². The quantitative estimate of drug-likeness (QED) is 0.913. The van der Waals surface area contributed by atoms with Crippen molar-refractivity contribution in [2.45, 2.75) is 6.42 Å². The van der Waals surface area contributed by atoms with Gasteiger partial charge in [0.2, 0.25) is 0 Å². The second-order valence-corrected chi connectivity index (χ2v) is 4.19. The molecule has 0 saturated carbocycles. The Labute approximate surface area is 110 Å². The summed E-state index contributed by atoms with van der Waals surface area (Å²) in [5.74, 6) is 0.640. The summed E-state index contributed by atoms with van der Waals surface area (Å²) in [6.45, 7) is 0.361. The van der Waals surface area contributed by atoms with E-state index in [0.29, 0.717) is 35.1 Å². The molecule has 0 aliphatic carbocycles. The fraction of sp³-hybridized carbons (Fsp3) is 0.143. The molecule has 2 rings (SSSR count). The summed E-state index contributed by atoms with van der Waals surface area (Å²) in [5.41, 5.74) is 5.95. The number of para-hydroxylation sites is 1. The number of hydrogen-bond acceptors (Lipinski definition) is 2. The first kappa shape index (κ1) is 12.9. The zero-order chi connectivity index (χ0) is 13.0. The molecule has 0 aliphatic rings. The molecule has 0 bridgehead atoms. The number of rotatable bonds is 4. The molecule has 94 valence electrons. The van der Waals surface area contributed by atoms with Crippen LogP contribution in [0.15, 0.2) is 42.5 Å². The van der Waals surface area contributed by atoms with Crippen LogP contribution in [0.4, 0.5) is 4.39 Å². The molecule has 0 spiro atoms. The molecule has 0 radical (unpaired) electrons. The van der Waals surface area contributed by atoms with Gasteiger partial charge in [0.1, 0.15) is 17.3 Å². The predicted octanol–water partition coefficient (Wildman–Crippen LogP) is 3.77. The van der Waals surface area contributed by atoms with Gasteiger partial charge in [0, 0.05) is 5.56 Å². The third kappa shape index (κ3) is 2.81. The number of ether oxygens (including phenoxy) is 1. The Balaban J connectivity index is 2.34. The van der Waals surface area contributed by atoms with E-state index in [1.54, 1.807) is 24.3 Å². The van der Waals surface area contributed by atoms with Crippen LogP contribution in [0.1, 0.15) is 5.56 Å². The van der Waals surface area contributed by atoms with E-state index in [1.165, 1.54) is 6.07 Å². The maximum atomic E-state index is 13.7. The van der Waals surface area contributed by atoms with E-state index in [2.05, 4.69) is 0 Å². The molecule has 0 aromatic heterocycles. The predicted molar refractivity (Wildman–Crippen MR) is 70.7 cm³/mol. The van der Waals surface area contributed by atoms with Gasteiger partial charge in [-0.05, 0) is 37.2 Å². The van der Waals surface area contributed by atoms with Crippen LogP contribution in [0.5, 0.6) is 11.5 Å². The minimum Gasteiger partial charge on any atom is -0.455 e. The van der Waals surface area contributed by atoms with Gasteiger partial charge in [-0.25, -0.2) is 4.39 Å². The van der Waals surface area contributed by atoms with Crippen LogP contribution in [-0.2, 0) is 6.42 Å². The van der Waals surface area contributed by atoms with Crippen molar-refractivity contribution in [3.63, 3.8) is 0 Å². The topological polar surface area (TPSA) is 35.2 Å². The van der Waals surface area contributed by atoms with Crippen molar-refractivity contribution < 1.29 is 9.13 Å². The summed E-state index contributed by atoms with van der Waals surface area (Å²) in [6, 6.07) is 11.8. The first-order valence-corrected chi connectivity index (χ1v) is 6.00. The highest BCUT2D eigenvalue weighted by Gasteiger charge is 2.10. The maximum absolute atomic E-state index is 13.7. The Hall–Kier alpha value is -1.58. The average molecular weight is 266 g/mol. The van der Waals surface area contributed by atoms with E-state index in [1.807, 2.05) is 12.1 Å². The summed E-state index contributed by atoms with van der Waals surface area (Å²) >= 11 is 6.00. The molecule has 2 nitrogen and oxygen atoms in total. The van der Waals surface area contributed by atoms with Crippen molar-refractivity contribution in [1.82, 2.24) is 0 Å². The smallest absolute Gasteiger partial charge is 0.146 e. The fourth-order valence-electron chi connectivity index (χ4n) is 1.67. The van der Waals surface area contributed by atoms with Crippen molar-refractivity contribution in [3.8, 4) is 11.5 Å². The number of benzene rings is 2. The van der Waals surface area contributed by atoms with Gasteiger partial charge in [-0.15, -0.1) is 0 Å². The van der Waals surface area contributed by atoms with Gasteiger partial charge in [-0.2, -0.15) is 0 Å². The van der Waals surface area contributed by atoms with Gasteiger partial charge in [0.05, 0.1) is 5.02 Å². The van der Waals surface area contributed by atoms with Crippen LogP contribution >= 0.6 is 11.6 Å². The molecule has 0 saturated heterocycles. The normalized spacial score (nSPS) is 10.4. The molecule has 0 heterocycles. The summed E-state index contributed by atoms with van der Waals surface area (Å²) in [6.07, 6.45) is 0.423. The van der Waals surface area contributed by atoms with Crippen molar-refractivity contribution >= 4 is 11.6 Å². The highest BCUT2D eigenvalue weighted by molar-refractivity contribution is 6.32. The number of halogens is 2. The highest BCUT2D eigenvalue weighted by atomic mass is 35.5.